The fraction of sp³-hybridized carbons (Fsp3) is 0.304. The largest absolute Gasteiger partial charge is 0.503 e. The first-order chi connectivity index (χ1) is 14.8. The predicted octanol–water partition coefficient (Wildman–Crippen LogP) is 3.77. The third kappa shape index (κ3) is 3.70. The minimum absolute atomic E-state index is 0.0412. The van der Waals surface area contributed by atoms with Gasteiger partial charge in [0.25, 0.3) is 5.91 Å². The summed E-state index contributed by atoms with van der Waals surface area (Å²) < 4.78 is 11.6. The molecule has 4 rings (SSSR count). The van der Waals surface area contributed by atoms with E-state index in [0.717, 1.165) is 13.0 Å². The highest BCUT2D eigenvalue weighted by Crippen LogP contribution is 2.43. The predicted molar refractivity (Wildman–Crippen MR) is 121 cm³/mol. The molecule has 0 aliphatic carbocycles. The number of rotatable bonds is 6. The molecule has 0 radical (unpaired) electrons. The number of para-hydroxylation sites is 1. The third-order valence-electron chi connectivity index (χ3n) is 5.46. The number of hydrogen-bond donors (Lipinski definition) is 1. The fourth-order valence-corrected chi connectivity index (χ4v) is 4.47. The molecule has 1 atom stereocenters. The average molecular weight is 487 g/mol. The summed E-state index contributed by atoms with van der Waals surface area (Å²) in [5.74, 6) is -0.0318. The first-order valence-electron chi connectivity index (χ1n) is 9.91. The fourth-order valence-electron chi connectivity index (χ4n) is 4.01. The molecule has 31 heavy (non-hydrogen) atoms. The monoisotopic (exact) mass is 486 g/mol. The minimum Gasteiger partial charge on any atom is -0.503 e. The van der Waals surface area contributed by atoms with E-state index in [1.165, 1.54) is 7.11 Å². The number of carbonyl (C=O) groups is 1. The van der Waals surface area contributed by atoms with Crippen molar-refractivity contribution in [3.8, 4) is 11.5 Å². The van der Waals surface area contributed by atoms with Gasteiger partial charge in [-0.3, -0.25) is 9.59 Å². The number of phenolic OH excluding ortho intramolecular Hbond substituents is 1. The number of ether oxygens (including phenoxy) is 1. The summed E-state index contributed by atoms with van der Waals surface area (Å²) in [6.07, 6.45) is 0.729. The van der Waals surface area contributed by atoms with Gasteiger partial charge in [0.05, 0.1) is 28.6 Å². The zero-order chi connectivity index (χ0) is 22.3. The molecule has 1 aliphatic heterocycles. The molecule has 2 aromatic carbocycles. The van der Waals surface area contributed by atoms with E-state index < -0.39 is 6.04 Å². The Bertz CT molecular complexity index is 1220. The van der Waals surface area contributed by atoms with Crippen molar-refractivity contribution in [1.29, 1.82) is 0 Å². The van der Waals surface area contributed by atoms with Crippen LogP contribution in [0.1, 0.15) is 34.1 Å². The first kappa shape index (κ1) is 21.4. The van der Waals surface area contributed by atoms with Crippen LogP contribution in [0.15, 0.2) is 50.1 Å². The van der Waals surface area contributed by atoms with Crippen LogP contribution in [0.5, 0.6) is 11.5 Å². The molecule has 162 valence electrons. The molecule has 1 aromatic heterocycles. The Morgan fingerprint density at radius 2 is 1.97 bits per heavy atom. The van der Waals surface area contributed by atoms with Crippen molar-refractivity contribution in [3.05, 3.63) is 68.0 Å². The molecule has 8 heteroatoms. The van der Waals surface area contributed by atoms with Crippen LogP contribution in [0.2, 0.25) is 0 Å². The number of aromatic hydroxyl groups is 1. The summed E-state index contributed by atoms with van der Waals surface area (Å²) in [6, 6.07) is 9.65. The number of halogens is 1. The maximum absolute atomic E-state index is 13.4. The normalized spacial score (nSPS) is 15.7. The van der Waals surface area contributed by atoms with E-state index in [9.17, 15) is 14.7 Å². The number of benzene rings is 2. The van der Waals surface area contributed by atoms with E-state index in [-0.39, 0.29) is 28.6 Å². The SMILES string of the molecule is COc1cc([C@@H]2c3c(oc4ccccc4c3=O)C(=O)N2CCCN(C)C)cc(Br)c1O. The van der Waals surface area contributed by atoms with Crippen LogP contribution in [-0.2, 0) is 0 Å². The molecule has 7 nitrogen and oxygen atoms in total. The van der Waals surface area contributed by atoms with Crippen LogP contribution in [0.4, 0.5) is 0 Å². The lowest BCUT2D eigenvalue weighted by atomic mass is 9.98. The van der Waals surface area contributed by atoms with Gasteiger partial charge in [-0.2, -0.15) is 0 Å². The number of nitrogens with zero attached hydrogens (tertiary/aromatic N) is 2. The minimum atomic E-state index is -0.642. The molecule has 1 aliphatic rings. The van der Waals surface area contributed by atoms with Crippen LogP contribution >= 0.6 is 15.9 Å². The number of methoxy groups -OCH3 is 1. The van der Waals surface area contributed by atoms with Gasteiger partial charge in [0.15, 0.2) is 16.9 Å². The van der Waals surface area contributed by atoms with Gasteiger partial charge < -0.3 is 24.1 Å². The van der Waals surface area contributed by atoms with Crippen molar-refractivity contribution < 1.29 is 19.1 Å². The summed E-state index contributed by atoms with van der Waals surface area (Å²) in [6.45, 7) is 1.24. The summed E-state index contributed by atoms with van der Waals surface area (Å²) in [7, 11) is 5.39. The molecular weight excluding hydrogens is 464 g/mol. The van der Waals surface area contributed by atoms with Gasteiger partial charge in [0.2, 0.25) is 5.76 Å². The smallest absolute Gasteiger partial charge is 0.290 e. The van der Waals surface area contributed by atoms with Crippen molar-refractivity contribution >= 4 is 32.8 Å². The third-order valence-corrected chi connectivity index (χ3v) is 6.07. The summed E-state index contributed by atoms with van der Waals surface area (Å²) in [4.78, 5) is 30.5. The summed E-state index contributed by atoms with van der Waals surface area (Å²) >= 11 is 3.35. The number of carbonyl (C=O) groups excluding carboxylic acids is 1. The number of fused-ring (bicyclic) bond motifs is 2. The number of hydrogen-bond acceptors (Lipinski definition) is 6. The topological polar surface area (TPSA) is 83.2 Å². The van der Waals surface area contributed by atoms with Crippen molar-refractivity contribution in [2.24, 2.45) is 0 Å². The zero-order valence-electron chi connectivity index (χ0n) is 17.5. The molecule has 2 heterocycles. The van der Waals surface area contributed by atoms with Gasteiger partial charge in [-0.1, -0.05) is 12.1 Å². The van der Waals surface area contributed by atoms with Crippen LogP contribution in [0.3, 0.4) is 0 Å². The molecule has 0 unspecified atom stereocenters. The Morgan fingerprint density at radius 3 is 2.68 bits per heavy atom. The molecule has 3 aromatic rings. The zero-order valence-corrected chi connectivity index (χ0v) is 19.1. The standard InChI is InChI=1S/C23H23BrN2O5/c1-25(2)9-6-10-26-19(13-11-15(24)21(28)17(12-13)30-3)18-20(27)14-7-4-5-8-16(14)31-22(18)23(26)29/h4-5,7-8,11-12,19,28H,6,9-10H2,1-3H3/t19-/m1/s1. The van der Waals surface area contributed by atoms with E-state index in [0.29, 0.717) is 33.1 Å². The summed E-state index contributed by atoms with van der Waals surface area (Å²) in [5.41, 5.74) is 1.13. The van der Waals surface area contributed by atoms with Crippen molar-refractivity contribution in [2.75, 3.05) is 34.3 Å². The van der Waals surface area contributed by atoms with Crippen LogP contribution in [0.25, 0.3) is 11.0 Å². The highest BCUT2D eigenvalue weighted by Gasteiger charge is 2.42. The van der Waals surface area contributed by atoms with E-state index in [1.807, 2.05) is 19.0 Å². The average Bonchev–Trinajstić information content (AvgIpc) is 3.02. The number of amides is 1. The van der Waals surface area contributed by atoms with Crippen molar-refractivity contribution in [1.82, 2.24) is 9.80 Å². The van der Waals surface area contributed by atoms with Gasteiger partial charge in [0.1, 0.15) is 5.58 Å². The van der Waals surface area contributed by atoms with Crippen molar-refractivity contribution in [3.63, 3.8) is 0 Å². The number of phenols is 1. The van der Waals surface area contributed by atoms with Crippen LogP contribution in [-0.4, -0.2) is 55.1 Å². The lowest BCUT2D eigenvalue weighted by molar-refractivity contribution is 0.0722. The second-order valence-electron chi connectivity index (χ2n) is 7.78. The van der Waals surface area contributed by atoms with Gasteiger partial charge >= 0.3 is 0 Å². The molecule has 0 spiro atoms. The molecule has 0 saturated carbocycles. The Kier molecular flexibility index (Phi) is 5.77. The molecule has 0 fully saturated rings. The maximum Gasteiger partial charge on any atom is 0.290 e. The molecular formula is C23H23BrN2O5. The van der Waals surface area contributed by atoms with E-state index in [2.05, 4.69) is 15.9 Å². The Balaban J connectivity index is 1.92. The second kappa shape index (κ2) is 8.36. The highest BCUT2D eigenvalue weighted by molar-refractivity contribution is 9.10. The van der Waals surface area contributed by atoms with E-state index in [1.54, 1.807) is 41.3 Å². The lowest BCUT2D eigenvalue weighted by Gasteiger charge is -2.26. The molecule has 0 saturated heterocycles. The van der Waals surface area contributed by atoms with Gasteiger partial charge in [-0.25, -0.2) is 0 Å². The Morgan fingerprint density at radius 1 is 1.23 bits per heavy atom. The van der Waals surface area contributed by atoms with Gasteiger partial charge in [-0.15, -0.1) is 0 Å². The molecule has 0 bridgehead atoms. The maximum atomic E-state index is 13.4. The van der Waals surface area contributed by atoms with Gasteiger partial charge in [-0.05, 0) is 72.8 Å². The van der Waals surface area contributed by atoms with E-state index >= 15 is 0 Å². The molecule has 1 amide bonds. The van der Waals surface area contributed by atoms with Crippen LogP contribution in [0, 0.1) is 0 Å². The van der Waals surface area contributed by atoms with Crippen molar-refractivity contribution in [2.45, 2.75) is 12.5 Å². The second-order valence-corrected chi connectivity index (χ2v) is 8.64. The van der Waals surface area contributed by atoms with Crippen LogP contribution < -0.4 is 10.2 Å². The highest BCUT2D eigenvalue weighted by atomic mass is 79.9. The van der Waals surface area contributed by atoms with E-state index in [4.69, 9.17) is 9.15 Å². The first-order valence-corrected chi connectivity index (χ1v) is 10.7. The Hall–Kier alpha value is -2.84. The summed E-state index contributed by atoms with van der Waals surface area (Å²) in [5, 5.41) is 10.7. The quantitative estimate of drug-likeness (QED) is 0.570. The molecule has 1 N–H and O–H groups in total. The lowest BCUT2D eigenvalue weighted by Crippen LogP contribution is -2.32. The van der Waals surface area contributed by atoms with Gasteiger partial charge in [0, 0.05) is 6.54 Å². The Labute approximate surface area is 188 Å².